The van der Waals surface area contributed by atoms with Gasteiger partial charge < -0.3 is 11.1 Å². The molecule has 1 aromatic carbocycles. The van der Waals surface area contributed by atoms with E-state index in [9.17, 15) is 4.39 Å². The van der Waals surface area contributed by atoms with Crippen molar-refractivity contribution in [2.45, 2.75) is 26.8 Å². The Hall–Kier alpha value is -1.46. The summed E-state index contributed by atoms with van der Waals surface area (Å²) in [4.78, 5) is 0. The van der Waals surface area contributed by atoms with Crippen molar-refractivity contribution in [1.82, 2.24) is 9.78 Å². The van der Waals surface area contributed by atoms with Crippen molar-refractivity contribution < 1.29 is 4.39 Å². The van der Waals surface area contributed by atoms with Crippen LogP contribution >= 0.6 is 23.2 Å². The number of aromatic nitrogens is 2. The van der Waals surface area contributed by atoms with Crippen LogP contribution in [0.2, 0.25) is 10.0 Å². The maximum absolute atomic E-state index is 13.4. The van der Waals surface area contributed by atoms with Crippen LogP contribution in [0.1, 0.15) is 25.6 Å². The smallest absolute Gasteiger partial charge is 0.160 e. The Bertz CT molecular complexity index is 629. The van der Waals surface area contributed by atoms with Crippen molar-refractivity contribution >= 4 is 40.4 Å². The van der Waals surface area contributed by atoms with Gasteiger partial charge in [0.15, 0.2) is 11.6 Å². The molecule has 0 aliphatic heterocycles. The molecule has 0 spiro atoms. The minimum atomic E-state index is -0.639. The molecule has 3 N–H and O–H groups in total. The molecule has 1 aromatic heterocycles. The predicted octanol–water partition coefficient (Wildman–Crippen LogP) is 4.54. The van der Waals surface area contributed by atoms with Gasteiger partial charge in [-0.3, -0.25) is 0 Å². The number of anilines is 3. The average Bonchev–Trinajstić information content (AvgIpc) is 2.64. The van der Waals surface area contributed by atoms with Gasteiger partial charge in [0, 0.05) is 11.7 Å². The third-order valence-corrected chi connectivity index (χ3v) is 3.42. The van der Waals surface area contributed by atoms with Crippen LogP contribution in [0.4, 0.5) is 21.6 Å². The zero-order valence-corrected chi connectivity index (χ0v) is 12.8. The van der Waals surface area contributed by atoms with E-state index in [2.05, 4.69) is 10.4 Å². The summed E-state index contributed by atoms with van der Waals surface area (Å²) in [5.41, 5.74) is 7.82. The van der Waals surface area contributed by atoms with E-state index in [1.54, 1.807) is 4.68 Å². The first-order valence-electron chi connectivity index (χ1n) is 6.07. The Morgan fingerprint density at radius 3 is 2.35 bits per heavy atom. The van der Waals surface area contributed by atoms with Crippen LogP contribution in [-0.4, -0.2) is 9.78 Å². The largest absolute Gasteiger partial charge is 0.394 e. The average molecular weight is 317 g/mol. The van der Waals surface area contributed by atoms with Crippen LogP contribution in [-0.2, 0) is 0 Å². The summed E-state index contributed by atoms with van der Waals surface area (Å²) in [7, 11) is 0. The highest BCUT2D eigenvalue weighted by Gasteiger charge is 2.16. The Morgan fingerprint density at radius 1 is 1.30 bits per heavy atom. The molecule has 0 unspecified atom stereocenters. The SMILES string of the molecule is Cc1nn(C(C)C)c(Nc2cc(Cl)c(F)c(Cl)c2)c1N. The minimum absolute atomic E-state index is 0.0501. The number of hydrogen-bond acceptors (Lipinski definition) is 3. The van der Waals surface area contributed by atoms with Gasteiger partial charge in [-0.2, -0.15) is 5.10 Å². The molecule has 108 valence electrons. The van der Waals surface area contributed by atoms with Crippen LogP contribution in [0.5, 0.6) is 0 Å². The molecule has 0 saturated heterocycles. The van der Waals surface area contributed by atoms with Gasteiger partial charge in [-0.25, -0.2) is 9.07 Å². The predicted molar refractivity (Wildman–Crippen MR) is 81.5 cm³/mol. The summed E-state index contributed by atoms with van der Waals surface area (Å²) in [5.74, 6) is -0.00311. The number of nitrogens with two attached hydrogens (primary N) is 1. The second-order valence-corrected chi connectivity index (χ2v) is 5.58. The first-order chi connectivity index (χ1) is 9.31. The number of benzene rings is 1. The van der Waals surface area contributed by atoms with E-state index in [-0.39, 0.29) is 16.1 Å². The maximum atomic E-state index is 13.4. The first-order valence-corrected chi connectivity index (χ1v) is 6.83. The third-order valence-electron chi connectivity index (χ3n) is 2.87. The number of nitrogens with zero attached hydrogens (tertiary/aromatic N) is 2. The molecule has 20 heavy (non-hydrogen) atoms. The second kappa shape index (κ2) is 5.50. The van der Waals surface area contributed by atoms with Crippen LogP contribution < -0.4 is 11.1 Å². The highest BCUT2D eigenvalue weighted by atomic mass is 35.5. The van der Waals surface area contributed by atoms with Crippen molar-refractivity contribution in [2.24, 2.45) is 0 Å². The number of halogens is 3. The molecule has 2 rings (SSSR count). The molecule has 0 aliphatic carbocycles. The highest BCUT2D eigenvalue weighted by molar-refractivity contribution is 6.35. The lowest BCUT2D eigenvalue weighted by Crippen LogP contribution is -2.08. The van der Waals surface area contributed by atoms with Gasteiger partial charge in [0.25, 0.3) is 0 Å². The van der Waals surface area contributed by atoms with E-state index in [4.69, 9.17) is 28.9 Å². The quantitative estimate of drug-likeness (QED) is 0.817. The summed E-state index contributed by atoms with van der Waals surface area (Å²) >= 11 is 11.6. The first kappa shape index (κ1) is 14.9. The molecule has 2 aromatic rings. The molecule has 0 amide bonds. The van der Waals surface area contributed by atoms with E-state index in [0.29, 0.717) is 17.2 Å². The van der Waals surface area contributed by atoms with Crippen LogP contribution in [0.25, 0.3) is 0 Å². The van der Waals surface area contributed by atoms with E-state index in [0.717, 1.165) is 5.69 Å². The van der Waals surface area contributed by atoms with Crippen LogP contribution in [0, 0.1) is 12.7 Å². The van der Waals surface area contributed by atoms with Gasteiger partial charge in [0.05, 0.1) is 21.4 Å². The Kier molecular flexibility index (Phi) is 4.11. The van der Waals surface area contributed by atoms with Gasteiger partial charge in [0.1, 0.15) is 0 Å². The van der Waals surface area contributed by atoms with E-state index in [1.807, 2.05) is 20.8 Å². The summed E-state index contributed by atoms with van der Waals surface area (Å²) < 4.78 is 15.2. The Balaban J connectivity index is 2.45. The zero-order valence-electron chi connectivity index (χ0n) is 11.3. The van der Waals surface area contributed by atoms with Crippen LogP contribution in [0.3, 0.4) is 0 Å². The van der Waals surface area contributed by atoms with Gasteiger partial charge in [-0.15, -0.1) is 0 Å². The summed E-state index contributed by atoms with van der Waals surface area (Å²) in [6.07, 6.45) is 0. The second-order valence-electron chi connectivity index (χ2n) is 4.76. The van der Waals surface area contributed by atoms with Crippen molar-refractivity contribution in [3.63, 3.8) is 0 Å². The van der Waals surface area contributed by atoms with Crippen LogP contribution in [0.15, 0.2) is 12.1 Å². The molecule has 0 saturated carbocycles. The summed E-state index contributed by atoms with van der Waals surface area (Å²) in [5, 5.41) is 7.35. The summed E-state index contributed by atoms with van der Waals surface area (Å²) in [6, 6.07) is 3.03. The molecule has 0 fully saturated rings. The highest BCUT2D eigenvalue weighted by Crippen LogP contribution is 2.32. The van der Waals surface area contributed by atoms with Gasteiger partial charge in [-0.1, -0.05) is 23.2 Å². The molecule has 4 nitrogen and oxygen atoms in total. The van der Waals surface area contributed by atoms with Gasteiger partial charge in [-0.05, 0) is 32.9 Å². The fourth-order valence-electron chi connectivity index (χ4n) is 1.82. The monoisotopic (exact) mass is 316 g/mol. The maximum Gasteiger partial charge on any atom is 0.160 e. The Labute approximate surface area is 126 Å². The van der Waals surface area contributed by atoms with Crippen molar-refractivity contribution in [2.75, 3.05) is 11.1 Å². The summed E-state index contributed by atoms with van der Waals surface area (Å²) in [6.45, 7) is 5.80. The number of hydrogen-bond donors (Lipinski definition) is 2. The minimum Gasteiger partial charge on any atom is -0.394 e. The lowest BCUT2D eigenvalue weighted by Gasteiger charge is -2.14. The molecule has 0 aliphatic rings. The number of nitrogens with one attached hydrogen (secondary N) is 1. The Morgan fingerprint density at radius 2 is 1.85 bits per heavy atom. The molecule has 0 radical (unpaired) electrons. The third kappa shape index (κ3) is 2.69. The molecule has 0 bridgehead atoms. The molecule has 7 heteroatoms. The number of rotatable bonds is 3. The number of aryl methyl sites for hydroxylation is 1. The van der Waals surface area contributed by atoms with E-state index in [1.165, 1.54) is 12.1 Å². The van der Waals surface area contributed by atoms with E-state index >= 15 is 0 Å². The topological polar surface area (TPSA) is 55.9 Å². The molecule has 0 atom stereocenters. The standard InChI is InChI=1S/C13H15Cl2FN4/c1-6(2)20-13(12(17)7(3)19-20)18-8-4-9(14)11(16)10(15)5-8/h4-6,18H,17H2,1-3H3. The molecule has 1 heterocycles. The van der Waals surface area contributed by atoms with Crippen molar-refractivity contribution in [3.05, 3.63) is 33.7 Å². The zero-order chi connectivity index (χ0) is 15.0. The normalized spacial score (nSPS) is 11.2. The van der Waals surface area contributed by atoms with Crippen molar-refractivity contribution in [3.8, 4) is 0 Å². The lowest BCUT2D eigenvalue weighted by molar-refractivity contribution is 0.536. The molecular formula is C13H15Cl2FN4. The fraction of sp³-hybridized carbons (Fsp3) is 0.308. The van der Waals surface area contributed by atoms with Gasteiger partial charge >= 0.3 is 0 Å². The number of nitrogen functional groups attached to an aromatic ring is 1. The lowest BCUT2D eigenvalue weighted by atomic mass is 10.3. The van der Waals surface area contributed by atoms with Gasteiger partial charge in [0.2, 0.25) is 0 Å². The van der Waals surface area contributed by atoms with E-state index < -0.39 is 5.82 Å². The fourth-order valence-corrected chi connectivity index (χ4v) is 2.31. The van der Waals surface area contributed by atoms with Crippen molar-refractivity contribution in [1.29, 1.82) is 0 Å². The molecular weight excluding hydrogens is 302 g/mol.